The standard InChI is InChI=1S/C12H15BFN3O2/c1-11(2)12(3,4)19-13(18-11)8-5-7(6-15)10(16)17-9(8)14/h5H,1-4H3,(H2,16,17). The summed E-state index contributed by atoms with van der Waals surface area (Å²) >= 11 is 0. The van der Waals surface area contributed by atoms with Crippen LogP contribution < -0.4 is 11.2 Å². The molecule has 1 aliphatic heterocycles. The lowest BCUT2D eigenvalue weighted by molar-refractivity contribution is 0.00578. The molecule has 0 radical (unpaired) electrons. The molecular formula is C12H15BFN3O2. The van der Waals surface area contributed by atoms with Gasteiger partial charge in [-0.2, -0.15) is 9.65 Å². The molecule has 1 aromatic rings. The van der Waals surface area contributed by atoms with Crippen LogP contribution in [0.3, 0.4) is 0 Å². The molecule has 0 amide bonds. The number of nitrogen functional groups attached to an aromatic ring is 1. The quantitative estimate of drug-likeness (QED) is 0.603. The van der Waals surface area contributed by atoms with Gasteiger partial charge in [0.25, 0.3) is 0 Å². The van der Waals surface area contributed by atoms with Gasteiger partial charge in [0.1, 0.15) is 11.9 Å². The Hall–Kier alpha value is -1.65. The first-order chi connectivity index (χ1) is 8.68. The lowest BCUT2D eigenvalue weighted by Crippen LogP contribution is -2.41. The SMILES string of the molecule is CC1(C)OB(c2cc(C#N)c(N)nc2F)OC1(C)C. The Morgan fingerprint density at radius 3 is 2.32 bits per heavy atom. The van der Waals surface area contributed by atoms with Crippen molar-refractivity contribution in [2.24, 2.45) is 0 Å². The van der Waals surface area contributed by atoms with Gasteiger partial charge in [-0.15, -0.1) is 0 Å². The Labute approximate surface area is 111 Å². The number of nitrogens with zero attached hydrogens (tertiary/aromatic N) is 2. The number of pyridine rings is 1. The molecule has 0 atom stereocenters. The van der Waals surface area contributed by atoms with Gasteiger partial charge < -0.3 is 15.0 Å². The molecule has 0 unspecified atom stereocenters. The van der Waals surface area contributed by atoms with Crippen LogP contribution in [0.15, 0.2) is 6.07 Å². The average molecular weight is 263 g/mol. The van der Waals surface area contributed by atoms with Crippen LogP contribution in [0.25, 0.3) is 0 Å². The van der Waals surface area contributed by atoms with E-state index in [0.717, 1.165) is 0 Å². The van der Waals surface area contributed by atoms with Crippen molar-refractivity contribution >= 4 is 18.4 Å². The van der Waals surface area contributed by atoms with E-state index in [2.05, 4.69) is 4.98 Å². The number of nitrogens with two attached hydrogens (primary N) is 1. The number of hydrogen-bond donors (Lipinski definition) is 1. The molecule has 1 aromatic heterocycles. The third-order valence-electron chi connectivity index (χ3n) is 3.66. The zero-order valence-electron chi connectivity index (χ0n) is 11.3. The van der Waals surface area contributed by atoms with Gasteiger partial charge in [-0.25, -0.2) is 4.98 Å². The van der Waals surface area contributed by atoms with Crippen molar-refractivity contribution in [1.82, 2.24) is 4.98 Å². The van der Waals surface area contributed by atoms with Crippen LogP contribution in [0.5, 0.6) is 0 Å². The number of aromatic nitrogens is 1. The third kappa shape index (κ3) is 2.18. The summed E-state index contributed by atoms with van der Waals surface area (Å²) in [4.78, 5) is 3.51. The molecule has 0 aromatic carbocycles. The monoisotopic (exact) mass is 263 g/mol. The van der Waals surface area contributed by atoms with E-state index in [-0.39, 0.29) is 16.8 Å². The largest absolute Gasteiger partial charge is 0.499 e. The molecular weight excluding hydrogens is 248 g/mol. The summed E-state index contributed by atoms with van der Waals surface area (Å²) < 4.78 is 25.3. The first kappa shape index (κ1) is 13.8. The summed E-state index contributed by atoms with van der Waals surface area (Å²) in [6.07, 6.45) is 0. The number of anilines is 1. The summed E-state index contributed by atoms with van der Waals surface area (Å²) in [5.41, 5.74) is 4.47. The summed E-state index contributed by atoms with van der Waals surface area (Å²) in [5, 5.41) is 8.91. The van der Waals surface area contributed by atoms with Crippen molar-refractivity contribution in [3.8, 4) is 6.07 Å². The molecule has 0 bridgehead atoms. The van der Waals surface area contributed by atoms with Crippen LogP contribution in [0.2, 0.25) is 0 Å². The molecule has 1 aliphatic rings. The molecule has 0 aliphatic carbocycles. The van der Waals surface area contributed by atoms with Gasteiger partial charge >= 0.3 is 7.12 Å². The fourth-order valence-corrected chi connectivity index (χ4v) is 1.74. The Morgan fingerprint density at radius 2 is 1.84 bits per heavy atom. The molecule has 100 valence electrons. The highest BCUT2D eigenvalue weighted by molar-refractivity contribution is 6.62. The Kier molecular flexibility index (Phi) is 3.03. The number of halogens is 1. The van der Waals surface area contributed by atoms with Crippen molar-refractivity contribution in [2.45, 2.75) is 38.9 Å². The minimum atomic E-state index is -0.898. The van der Waals surface area contributed by atoms with Crippen molar-refractivity contribution in [3.05, 3.63) is 17.6 Å². The number of hydrogen-bond acceptors (Lipinski definition) is 5. The van der Waals surface area contributed by atoms with E-state index in [9.17, 15) is 4.39 Å². The second-order valence-corrected chi connectivity index (χ2v) is 5.50. The summed E-state index contributed by atoms with van der Waals surface area (Å²) in [7, 11) is -0.898. The van der Waals surface area contributed by atoms with Crippen molar-refractivity contribution < 1.29 is 13.7 Å². The van der Waals surface area contributed by atoms with Crippen molar-refractivity contribution in [3.63, 3.8) is 0 Å². The van der Waals surface area contributed by atoms with Crippen LogP contribution >= 0.6 is 0 Å². The molecule has 0 saturated carbocycles. The first-order valence-corrected chi connectivity index (χ1v) is 5.89. The number of nitriles is 1. The molecule has 1 saturated heterocycles. The van der Waals surface area contributed by atoms with Gasteiger partial charge in [-0.05, 0) is 33.8 Å². The highest BCUT2D eigenvalue weighted by Gasteiger charge is 2.52. The molecule has 1 fully saturated rings. The first-order valence-electron chi connectivity index (χ1n) is 5.89. The van der Waals surface area contributed by atoms with Gasteiger partial charge in [0, 0.05) is 5.46 Å². The lowest BCUT2D eigenvalue weighted by atomic mass is 9.79. The maximum Gasteiger partial charge on any atom is 0.499 e. The molecule has 0 spiro atoms. The highest BCUT2D eigenvalue weighted by atomic mass is 19.1. The predicted octanol–water partition coefficient (Wildman–Crippen LogP) is 0.974. The minimum absolute atomic E-state index is 0.0874. The molecule has 2 rings (SSSR count). The Balaban J connectivity index is 2.43. The zero-order valence-corrected chi connectivity index (χ0v) is 11.3. The van der Waals surface area contributed by atoms with E-state index in [1.165, 1.54) is 6.07 Å². The van der Waals surface area contributed by atoms with Gasteiger partial charge in [0.2, 0.25) is 5.95 Å². The summed E-state index contributed by atoms with van der Waals surface area (Å²) in [6.45, 7) is 7.45. The van der Waals surface area contributed by atoms with Crippen molar-refractivity contribution in [1.29, 1.82) is 5.26 Å². The van der Waals surface area contributed by atoms with E-state index in [0.29, 0.717) is 0 Å². The maximum atomic E-state index is 13.9. The minimum Gasteiger partial charge on any atom is -0.399 e. The van der Waals surface area contributed by atoms with Gasteiger partial charge in [-0.1, -0.05) is 0 Å². The molecule has 7 heteroatoms. The van der Waals surface area contributed by atoms with E-state index >= 15 is 0 Å². The van der Waals surface area contributed by atoms with E-state index in [1.807, 2.05) is 33.8 Å². The van der Waals surface area contributed by atoms with Crippen LogP contribution in [0.1, 0.15) is 33.3 Å². The number of rotatable bonds is 1. The summed E-state index contributed by atoms with van der Waals surface area (Å²) in [6, 6.07) is 3.18. The van der Waals surface area contributed by atoms with E-state index in [1.54, 1.807) is 0 Å². The molecule has 2 heterocycles. The van der Waals surface area contributed by atoms with Crippen LogP contribution in [0.4, 0.5) is 10.2 Å². The highest BCUT2D eigenvalue weighted by Crippen LogP contribution is 2.36. The predicted molar refractivity (Wildman–Crippen MR) is 69.0 cm³/mol. The smallest absolute Gasteiger partial charge is 0.399 e. The van der Waals surface area contributed by atoms with E-state index in [4.69, 9.17) is 20.3 Å². The van der Waals surface area contributed by atoms with E-state index < -0.39 is 24.3 Å². The average Bonchev–Trinajstić information content (AvgIpc) is 2.48. The molecule has 19 heavy (non-hydrogen) atoms. The van der Waals surface area contributed by atoms with Crippen LogP contribution in [-0.4, -0.2) is 23.3 Å². The molecule has 2 N–H and O–H groups in total. The van der Waals surface area contributed by atoms with Gasteiger partial charge in [0.15, 0.2) is 0 Å². The summed E-state index contributed by atoms with van der Waals surface area (Å²) in [5.74, 6) is -0.921. The third-order valence-corrected chi connectivity index (χ3v) is 3.66. The Bertz CT molecular complexity index is 553. The second-order valence-electron chi connectivity index (χ2n) is 5.50. The van der Waals surface area contributed by atoms with Gasteiger partial charge in [-0.3, -0.25) is 0 Å². The lowest BCUT2D eigenvalue weighted by Gasteiger charge is -2.32. The second kappa shape index (κ2) is 4.18. The fraction of sp³-hybridized carbons (Fsp3) is 0.500. The van der Waals surface area contributed by atoms with Gasteiger partial charge in [0.05, 0.1) is 16.8 Å². The molecule has 5 nitrogen and oxygen atoms in total. The normalized spacial score (nSPS) is 20.3. The maximum absolute atomic E-state index is 13.9. The fourth-order valence-electron chi connectivity index (χ4n) is 1.74. The van der Waals surface area contributed by atoms with Crippen LogP contribution in [-0.2, 0) is 9.31 Å². The Morgan fingerprint density at radius 1 is 1.32 bits per heavy atom. The topological polar surface area (TPSA) is 81.2 Å². The van der Waals surface area contributed by atoms with Crippen LogP contribution in [0, 0.1) is 17.3 Å². The zero-order chi connectivity index (χ0) is 14.4. The van der Waals surface area contributed by atoms with Crippen molar-refractivity contribution in [2.75, 3.05) is 5.73 Å².